The van der Waals surface area contributed by atoms with E-state index in [-0.39, 0.29) is 18.1 Å². The monoisotopic (exact) mass is 419 g/mol. The van der Waals surface area contributed by atoms with E-state index in [1.165, 1.54) is 4.68 Å². The summed E-state index contributed by atoms with van der Waals surface area (Å²) in [5, 5.41) is 18.3. The standard InChI is InChI=1S/C19H25N5O6/c1-19(2)29-15-14(27-9-10-6-4-3-5-7-10)13(28-18(15)30-19)11(25)8-24-16(20)12(17(21)26)22-23-24/h3-7,11,13-15,18,25H,8-9,20H2,1-2H3,(H2,21,26)/t11-,13-,14+,15-,18-/m1/s1. The van der Waals surface area contributed by atoms with E-state index in [1.807, 2.05) is 30.3 Å². The van der Waals surface area contributed by atoms with E-state index in [9.17, 15) is 9.90 Å². The van der Waals surface area contributed by atoms with E-state index in [1.54, 1.807) is 13.8 Å². The summed E-state index contributed by atoms with van der Waals surface area (Å²) < 4.78 is 25.0. The molecule has 2 aliphatic heterocycles. The summed E-state index contributed by atoms with van der Waals surface area (Å²) >= 11 is 0. The summed E-state index contributed by atoms with van der Waals surface area (Å²) in [5.41, 5.74) is 11.9. The minimum absolute atomic E-state index is 0.0323. The molecule has 0 bridgehead atoms. The molecule has 2 aliphatic rings. The summed E-state index contributed by atoms with van der Waals surface area (Å²) in [6.45, 7) is 3.80. The number of primary amides is 1. The number of aromatic nitrogens is 3. The van der Waals surface area contributed by atoms with Crippen LogP contribution in [0.25, 0.3) is 0 Å². The fourth-order valence-electron chi connectivity index (χ4n) is 3.68. The zero-order valence-electron chi connectivity index (χ0n) is 16.7. The maximum Gasteiger partial charge on any atom is 0.273 e. The lowest BCUT2D eigenvalue weighted by molar-refractivity contribution is -0.231. The first-order valence-corrected chi connectivity index (χ1v) is 9.58. The Labute approximate surface area is 172 Å². The Morgan fingerprint density at radius 3 is 2.73 bits per heavy atom. The van der Waals surface area contributed by atoms with Gasteiger partial charge in [-0.15, -0.1) is 5.10 Å². The fraction of sp³-hybridized carbons (Fsp3) is 0.526. The molecule has 1 aromatic carbocycles. The Morgan fingerprint density at radius 2 is 2.07 bits per heavy atom. The van der Waals surface area contributed by atoms with E-state index >= 15 is 0 Å². The predicted octanol–water partition coefficient (Wildman–Crippen LogP) is -0.218. The van der Waals surface area contributed by atoms with Gasteiger partial charge in [0.15, 0.2) is 23.6 Å². The number of amides is 1. The van der Waals surface area contributed by atoms with Crippen molar-refractivity contribution in [1.82, 2.24) is 15.0 Å². The molecule has 2 aromatic rings. The van der Waals surface area contributed by atoms with Crippen molar-refractivity contribution in [2.24, 2.45) is 5.73 Å². The number of nitrogens with two attached hydrogens (primary N) is 2. The SMILES string of the molecule is CC1(C)O[C@H]2O[C@H]([C@H](O)Cn3nnc(C(N)=O)c3N)[C@H](OCc3ccccc3)[C@H]2O1. The number of ether oxygens (including phenoxy) is 4. The van der Waals surface area contributed by atoms with Crippen molar-refractivity contribution in [3.63, 3.8) is 0 Å². The summed E-state index contributed by atoms with van der Waals surface area (Å²) in [7, 11) is 0. The second-order valence-electron chi connectivity index (χ2n) is 7.77. The number of fused-ring (bicyclic) bond motifs is 1. The molecule has 2 saturated heterocycles. The number of anilines is 1. The average molecular weight is 419 g/mol. The first-order chi connectivity index (χ1) is 14.2. The Bertz CT molecular complexity index is 904. The number of hydrogen-bond acceptors (Lipinski definition) is 9. The smallest absolute Gasteiger partial charge is 0.273 e. The van der Waals surface area contributed by atoms with Gasteiger partial charge in [-0.25, -0.2) is 4.68 Å². The van der Waals surface area contributed by atoms with Gasteiger partial charge in [0, 0.05) is 0 Å². The molecule has 0 aliphatic carbocycles. The molecule has 1 aromatic heterocycles. The molecule has 2 fully saturated rings. The van der Waals surface area contributed by atoms with Crippen LogP contribution in [0.2, 0.25) is 0 Å². The number of carbonyl (C=O) groups excluding carboxylic acids is 1. The van der Waals surface area contributed by atoms with Crippen LogP contribution in [0.5, 0.6) is 0 Å². The van der Waals surface area contributed by atoms with Crippen molar-refractivity contribution in [2.75, 3.05) is 5.73 Å². The van der Waals surface area contributed by atoms with Crippen molar-refractivity contribution >= 4 is 11.7 Å². The van der Waals surface area contributed by atoms with Crippen LogP contribution in [0, 0.1) is 0 Å². The molecule has 162 valence electrons. The van der Waals surface area contributed by atoms with Gasteiger partial charge in [-0.2, -0.15) is 0 Å². The minimum atomic E-state index is -1.09. The van der Waals surface area contributed by atoms with Crippen molar-refractivity contribution in [1.29, 1.82) is 0 Å². The molecule has 3 heterocycles. The van der Waals surface area contributed by atoms with E-state index < -0.39 is 42.4 Å². The molecule has 4 rings (SSSR count). The van der Waals surface area contributed by atoms with E-state index in [2.05, 4.69) is 10.3 Å². The molecule has 5 atom stereocenters. The van der Waals surface area contributed by atoms with Crippen LogP contribution in [-0.2, 0) is 32.1 Å². The molecule has 0 radical (unpaired) electrons. The van der Waals surface area contributed by atoms with Crippen molar-refractivity contribution in [3.8, 4) is 0 Å². The Balaban J connectivity index is 1.50. The number of aliphatic hydroxyl groups excluding tert-OH is 1. The molecule has 5 N–H and O–H groups in total. The Hall–Kier alpha value is -2.57. The molecule has 11 heteroatoms. The summed E-state index contributed by atoms with van der Waals surface area (Å²) in [6, 6.07) is 9.64. The highest BCUT2D eigenvalue weighted by Gasteiger charge is 2.57. The van der Waals surface area contributed by atoms with Crippen LogP contribution in [0.4, 0.5) is 5.82 Å². The second-order valence-corrected chi connectivity index (χ2v) is 7.77. The number of benzene rings is 1. The topological polar surface area (TPSA) is 157 Å². The molecule has 1 amide bonds. The molecule has 0 spiro atoms. The normalized spacial score (nSPS) is 28.4. The van der Waals surface area contributed by atoms with Crippen molar-refractivity contribution in [3.05, 3.63) is 41.6 Å². The zero-order valence-corrected chi connectivity index (χ0v) is 16.7. The number of nitrogens with zero attached hydrogens (tertiary/aromatic N) is 3. The average Bonchev–Trinajstić information content (AvgIpc) is 3.31. The number of nitrogen functional groups attached to an aromatic ring is 1. The zero-order chi connectivity index (χ0) is 21.5. The highest BCUT2D eigenvalue weighted by molar-refractivity contribution is 5.94. The molecular weight excluding hydrogens is 394 g/mol. The van der Waals surface area contributed by atoms with E-state index in [0.717, 1.165) is 5.56 Å². The van der Waals surface area contributed by atoms with Crippen molar-refractivity contribution < 1.29 is 28.8 Å². The minimum Gasteiger partial charge on any atom is -0.388 e. The summed E-state index contributed by atoms with van der Waals surface area (Å²) in [6.07, 6.45) is -3.67. The molecular formula is C19H25N5O6. The fourth-order valence-corrected chi connectivity index (χ4v) is 3.68. The largest absolute Gasteiger partial charge is 0.388 e. The lowest BCUT2D eigenvalue weighted by Gasteiger charge is -2.28. The highest BCUT2D eigenvalue weighted by Crippen LogP contribution is 2.40. The summed E-state index contributed by atoms with van der Waals surface area (Å²) in [4.78, 5) is 11.3. The maximum absolute atomic E-state index is 11.3. The third kappa shape index (κ3) is 4.02. The van der Waals surface area contributed by atoms with Crippen LogP contribution in [-0.4, -0.2) is 62.5 Å². The number of hydrogen-bond donors (Lipinski definition) is 3. The van der Waals surface area contributed by atoms with Gasteiger partial charge in [-0.1, -0.05) is 35.5 Å². The van der Waals surface area contributed by atoms with E-state index in [0.29, 0.717) is 6.61 Å². The predicted molar refractivity (Wildman–Crippen MR) is 103 cm³/mol. The number of rotatable bonds is 7. The Morgan fingerprint density at radius 1 is 1.33 bits per heavy atom. The lowest BCUT2D eigenvalue weighted by atomic mass is 10.1. The van der Waals surface area contributed by atoms with Gasteiger partial charge >= 0.3 is 0 Å². The van der Waals surface area contributed by atoms with Gasteiger partial charge in [-0.3, -0.25) is 4.79 Å². The van der Waals surface area contributed by atoms with Gasteiger partial charge < -0.3 is 35.5 Å². The molecule has 0 unspecified atom stereocenters. The third-order valence-electron chi connectivity index (χ3n) is 5.06. The quantitative estimate of drug-likeness (QED) is 0.552. The number of aliphatic hydroxyl groups is 1. The highest BCUT2D eigenvalue weighted by atomic mass is 16.8. The number of carbonyl (C=O) groups is 1. The van der Waals surface area contributed by atoms with Gasteiger partial charge in [0.1, 0.15) is 24.4 Å². The van der Waals surface area contributed by atoms with Crippen LogP contribution in [0.1, 0.15) is 29.9 Å². The van der Waals surface area contributed by atoms with Gasteiger partial charge in [0.25, 0.3) is 5.91 Å². The van der Waals surface area contributed by atoms with Gasteiger partial charge in [-0.05, 0) is 19.4 Å². The molecule has 11 nitrogen and oxygen atoms in total. The molecule has 30 heavy (non-hydrogen) atoms. The van der Waals surface area contributed by atoms with Crippen LogP contribution >= 0.6 is 0 Å². The summed E-state index contributed by atoms with van der Waals surface area (Å²) in [5.74, 6) is -1.66. The molecule has 0 saturated carbocycles. The van der Waals surface area contributed by atoms with Gasteiger partial charge in [0.2, 0.25) is 0 Å². The van der Waals surface area contributed by atoms with E-state index in [4.69, 9.17) is 30.4 Å². The maximum atomic E-state index is 11.3. The third-order valence-corrected chi connectivity index (χ3v) is 5.06. The lowest BCUT2D eigenvalue weighted by Crippen LogP contribution is -2.44. The van der Waals surface area contributed by atoms with Gasteiger partial charge in [0.05, 0.1) is 13.2 Å². The van der Waals surface area contributed by atoms with Crippen LogP contribution in [0.3, 0.4) is 0 Å². The second kappa shape index (κ2) is 7.93. The first kappa shape index (κ1) is 20.7. The van der Waals surface area contributed by atoms with Crippen LogP contribution < -0.4 is 11.5 Å². The van der Waals surface area contributed by atoms with Crippen LogP contribution in [0.15, 0.2) is 30.3 Å². The Kier molecular flexibility index (Phi) is 5.47. The van der Waals surface area contributed by atoms with Crippen molar-refractivity contribution in [2.45, 2.75) is 63.5 Å². The first-order valence-electron chi connectivity index (χ1n) is 9.58.